The van der Waals surface area contributed by atoms with Crippen LogP contribution in [0.1, 0.15) is 30.1 Å². The first-order valence-corrected chi connectivity index (χ1v) is 5.76. The van der Waals surface area contributed by atoms with Crippen LogP contribution in [0.2, 0.25) is 0 Å². The quantitative estimate of drug-likeness (QED) is 0.555. The molecule has 5 nitrogen and oxygen atoms in total. The number of nitrogens with zero attached hydrogens (tertiary/aromatic N) is 1. The number of ether oxygens (including phenoxy) is 1. The molecule has 1 aromatic rings. The highest BCUT2D eigenvalue weighted by Crippen LogP contribution is 2.12. The smallest absolute Gasteiger partial charge is 0.341 e. The molecule has 2 N–H and O–H groups in total. The molecule has 0 saturated heterocycles. The van der Waals surface area contributed by atoms with E-state index in [0.29, 0.717) is 24.5 Å². The molecular formula is C12H18N2O3. The van der Waals surface area contributed by atoms with Crippen molar-refractivity contribution in [3.63, 3.8) is 0 Å². The number of anilines is 1. The van der Waals surface area contributed by atoms with E-state index in [2.05, 4.69) is 10.3 Å². The van der Waals surface area contributed by atoms with Crippen LogP contribution in [-0.4, -0.2) is 35.8 Å². The normalized spacial score (nSPS) is 10.0. The molecule has 0 aliphatic heterocycles. The molecule has 0 fully saturated rings. The Labute approximate surface area is 101 Å². The third-order valence-electron chi connectivity index (χ3n) is 2.18. The van der Waals surface area contributed by atoms with E-state index >= 15 is 0 Å². The van der Waals surface area contributed by atoms with Crippen molar-refractivity contribution >= 4 is 11.8 Å². The maximum atomic E-state index is 11.6. The van der Waals surface area contributed by atoms with Crippen molar-refractivity contribution in [3.8, 4) is 0 Å². The summed E-state index contributed by atoms with van der Waals surface area (Å²) >= 11 is 0. The minimum Gasteiger partial charge on any atom is -0.462 e. The first kappa shape index (κ1) is 13.4. The zero-order valence-electron chi connectivity index (χ0n) is 9.98. The predicted molar refractivity (Wildman–Crippen MR) is 65.0 cm³/mol. The number of carbonyl (C=O) groups excluding carboxylic acids is 1. The summed E-state index contributed by atoms with van der Waals surface area (Å²) in [7, 11) is 0. The summed E-state index contributed by atoms with van der Waals surface area (Å²) < 4.78 is 4.94. The first-order chi connectivity index (χ1) is 8.29. The van der Waals surface area contributed by atoms with Crippen LogP contribution in [0.25, 0.3) is 0 Å². The Kier molecular flexibility index (Phi) is 6.03. The molecular weight excluding hydrogens is 220 g/mol. The number of nitrogens with one attached hydrogen (secondary N) is 1. The lowest BCUT2D eigenvalue weighted by molar-refractivity contribution is 0.0527. The van der Waals surface area contributed by atoms with Crippen LogP contribution in [0.15, 0.2) is 18.3 Å². The van der Waals surface area contributed by atoms with Crippen molar-refractivity contribution in [3.05, 3.63) is 23.9 Å². The summed E-state index contributed by atoms with van der Waals surface area (Å²) in [5.74, 6) is 0.161. The van der Waals surface area contributed by atoms with Crippen LogP contribution in [0, 0.1) is 0 Å². The Morgan fingerprint density at radius 2 is 2.35 bits per heavy atom. The lowest BCUT2D eigenvalue weighted by Crippen LogP contribution is -2.12. The van der Waals surface area contributed by atoms with Crippen LogP contribution in [-0.2, 0) is 4.74 Å². The number of aromatic nitrogens is 1. The van der Waals surface area contributed by atoms with E-state index in [0.717, 1.165) is 12.8 Å². The predicted octanol–water partition coefficient (Wildman–Crippen LogP) is 1.44. The van der Waals surface area contributed by atoms with Crippen LogP contribution in [0.5, 0.6) is 0 Å². The lowest BCUT2D eigenvalue weighted by Gasteiger charge is -2.09. The molecule has 0 aliphatic rings. The molecule has 1 rings (SSSR count). The average molecular weight is 238 g/mol. The summed E-state index contributed by atoms with van der Waals surface area (Å²) in [4.78, 5) is 15.7. The first-order valence-electron chi connectivity index (χ1n) is 5.76. The topological polar surface area (TPSA) is 71.5 Å². The minimum absolute atomic E-state index is 0.175. The van der Waals surface area contributed by atoms with Gasteiger partial charge in [-0.1, -0.05) is 0 Å². The molecule has 17 heavy (non-hydrogen) atoms. The van der Waals surface area contributed by atoms with Gasteiger partial charge in [0.05, 0.1) is 6.61 Å². The second kappa shape index (κ2) is 7.62. The number of hydrogen-bond donors (Lipinski definition) is 2. The average Bonchev–Trinajstić information content (AvgIpc) is 2.35. The summed E-state index contributed by atoms with van der Waals surface area (Å²) in [6.07, 6.45) is 3.18. The van der Waals surface area contributed by atoms with E-state index in [4.69, 9.17) is 9.84 Å². The molecule has 1 aromatic heterocycles. The van der Waals surface area contributed by atoms with Gasteiger partial charge in [0.25, 0.3) is 0 Å². The fourth-order valence-corrected chi connectivity index (χ4v) is 1.36. The summed E-state index contributed by atoms with van der Waals surface area (Å²) in [6.45, 7) is 2.96. The van der Waals surface area contributed by atoms with Crippen molar-refractivity contribution in [1.82, 2.24) is 4.98 Å². The van der Waals surface area contributed by atoms with E-state index in [1.54, 1.807) is 25.3 Å². The Balaban J connectivity index is 2.61. The Bertz CT molecular complexity index is 355. The Hall–Kier alpha value is -1.62. The third-order valence-corrected chi connectivity index (χ3v) is 2.18. The number of rotatable bonds is 7. The summed E-state index contributed by atoms with van der Waals surface area (Å²) in [5, 5.41) is 11.7. The minimum atomic E-state index is -0.370. The van der Waals surface area contributed by atoms with Crippen molar-refractivity contribution in [2.45, 2.75) is 19.8 Å². The van der Waals surface area contributed by atoms with Gasteiger partial charge in [0.1, 0.15) is 11.4 Å². The van der Waals surface area contributed by atoms with Gasteiger partial charge in [0.2, 0.25) is 0 Å². The highest BCUT2D eigenvalue weighted by Gasteiger charge is 2.12. The van der Waals surface area contributed by atoms with Gasteiger partial charge in [-0.2, -0.15) is 0 Å². The number of hydrogen-bond acceptors (Lipinski definition) is 5. The van der Waals surface area contributed by atoms with Crippen molar-refractivity contribution < 1.29 is 14.6 Å². The van der Waals surface area contributed by atoms with Gasteiger partial charge in [0, 0.05) is 19.3 Å². The number of unbranched alkanes of at least 4 members (excludes halogenated alkanes) is 1. The molecule has 0 aromatic carbocycles. The molecule has 0 atom stereocenters. The molecule has 94 valence electrons. The van der Waals surface area contributed by atoms with Gasteiger partial charge in [-0.25, -0.2) is 9.78 Å². The second-order valence-corrected chi connectivity index (χ2v) is 3.48. The van der Waals surface area contributed by atoms with Gasteiger partial charge in [-0.05, 0) is 31.9 Å². The number of aliphatic hydroxyl groups is 1. The SMILES string of the molecule is CCOC(=O)c1cccnc1NCCCCO. The summed E-state index contributed by atoms with van der Waals surface area (Å²) in [6, 6.07) is 3.38. The van der Waals surface area contributed by atoms with E-state index in [9.17, 15) is 4.79 Å². The number of esters is 1. The molecule has 0 radical (unpaired) electrons. The number of pyridine rings is 1. The van der Waals surface area contributed by atoms with E-state index in [-0.39, 0.29) is 12.6 Å². The number of aliphatic hydroxyl groups excluding tert-OH is 1. The third kappa shape index (κ3) is 4.40. The van der Waals surface area contributed by atoms with Crippen LogP contribution >= 0.6 is 0 Å². The molecule has 0 saturated carbocycles. The van der Waals surface area contributed by atoms with Crippen LogP contribution < -0.4 is 5.32 Å². The van der Waals surface area contributed by atoms with Crippen LogP contribution in [0.3, 0.4) is 0 Å². The fourth-order valence-electron chi connectivity index (χ4n) is 1.36. The van der Waals surface area contributed by atoms with Crippen molar-refractivity contribution in [2.75, 3.05) is 25.1 Å². The Morgan fingerprint density at radius 1 is 1.53 bits per heavy atom. The Morgan fingerprint density at radius 3 is 3.06 bits per heavy atom. The molecule has 0 aliphatic carbocycles. The zero-order valence-corrected chi connectivity index (χ0v) is 9.98. The maximum Gasteiger partial charge on any atom is 0.341 e. The molecule has 0 unspecified atom stereocenters. The molecule has 0 spiro atoms. The molecule has 1 heterocycles. The number of carbonyl (C=O) groups is 1. The van der Waals surface area contributed by atoms with Crippen molar-refractivity contribution in [2.24, 2.45) is 0 Å². The maximum absolute atomic E-state index is 11.6. The summed E-state index contributed by atoms with van der Waals surface area (Å²) in [5.41, 5.74) is 0.443. The van der Waals surface area contributed by atoms with Crippen molar-refractivity contribution in [1.29, 1.82) is 0 Å². The van der Waals surface area contributed by atoms with Gasteiger partial charge >= 0.3 is 5.97 Å². The van der Waals surface area contributed by atoms with E-state index < -0.39 is 0 Å². The molecule has 0 amide bonds. The monoisotopic (exact) mass is 238 g/mol. The second-order valence-electron chi connectivity index (χ2n) is 3.48. The highest BCUT2D eigenvalue weighted by atomic mass is 16.5. The van der Waals surface area contributed by atoms with E-state index in [1.165, 1.54) is 0 Å². The van der Waals surface area contributed by atoms with Gasteiger partial charge in [-0.15, -0.1) is 0 Å². The standard InChI is InChI=1S/C12H18N2O3/c1-2-17-12(16)10-6-5-8-14-11(10)13-7-3-4-9-15/h5-6,8,15H,2-4,7,9H2,1H3,(H,13,14). The molecule has 5 heteroatoms. The van der Waals surface area contributed by atoms with Gasteiger partial charge in [-0.3, -0.25) is 0 Å². The van der Waals surface area contributed by atoms with Gasteiger partial charge < -0.3 is 15.2 Å². The zero-order chi connectivity index (χ0) is 12.5. The lowest BCUT2D eigenvalue weighted by atomic mass is 10.2. The largest absolute Gasteiger partial charge is 0.462 e. The van der Waals surface area contributed by atoms with E-state index in [1.807, 2.05) is 0 Å². The highest BCUT2D eigenvalue weighted by molar-refractivity contribution is 5.94. The molecule has 0 bridgehead atoms. The van der Waals surface area contributed by atoms with Gasteiger partial charge in [0.15, 0.2) is 0 Å². The fraction of sp³-hybridized carbons (Fsp3) is 0.500. The van der Waals surface area contributed by atoms with Crippen LogP contribution in [0.4, 0.5) is 5.82 Å².